The van der Waals surface area contributed by atoms with Crippen LogP contribution in [0.2, 0.25) is 0 Å². The van der Waals surface area contributed by atoms with Gasteiger partial charge in [0, 0.05) is 12.2 Å². The Hall–Kier alpha value is -2.11. The number of nitrogens with zero attached hydrogens (tertiary/aromatic N) is 4. The number of hydrogen-bond donors (Lipinski definition) is 1. The molecule has 0 aliphatic rings. The predicted molar refractivity (Wildman–Crippen MR) is 67.8 cm³/mol. The minimum Gasteiger partial charge on any atom is -0.486 e. The number of rotatable bonds is 5. The van der Waals surface area contributed by atoms with Gasteiger partial charge in [0.15, 0.2) is 5.82 Å². The molecule has 0 amide bonds. The Balaban J connectivity index is 1.97. The van der Waals surface area contributed by atoms with Crippen molar-refractivity contribution in [3.63, 3.8) is 0 Å². The van der Waals surface area contributed by atoms with Crippen molar-refractivity contribution < 1.29 is 4.74 Å². The maximum absolute atomic E-state index is 5.61. The maximum atomic E-state index is 5.61. The lowest BCUT2D eigenvalue weighted by molar-refractivity contribution is 0.282. The average Bonchev–Trinajstić information content (AvgIpc) is 2.75. The molecule has 0 spiro atoms. The molecule has 0 aliphatic carbocycles. The zero-order valence-corrected chi connectivity index (χ0v) is 10.6. The van der Waals surface area contributed by atoms with Crippen LogP contribution < -0.4 is 10.5 Å². The lowest BCUT2D eigenvalue weighted by Gasteiger charge is -2.08. The molecule has 96 valence electrons. The van der Waals surface area contributed by atoms with Gasteiger partial charge in [0.05, 0.1) is 0 Å². The lowest BCUT2D eigenvalue weighted by atomic mass is 10.2. The minimum atomic E-state index is 0.351. The highest BCUT2D eigenvalue weighted by atomic mass is 16.5. The third-order valence-electron chi connectivity index (χ3n) is 2.39. The van der Waals surface area contributed by atoms with E-state index in [4.69, 9.17) is 10.5 Å². The summed E-state index contributed by atoms with van der Waals surface area (Å²) in [5.41, 5.74) is 6.32. The first-order chi connectivity index (χ1) is 8.65. The number of tetrazole rings is 1. The summed E-state index contributed by atoms with van der Waals surface area (Å²) >= 11 is 0. The van der Waals surface area contributed by atoms with Gasteiger partial charge in [-0.3, -0.25) is 0 Å². The van der Waals surface area contributed by atoms with E-state index >= 15 is 0 Å². The highest BCUT2D eigenvalue weighted by molar-refractivity contribution is 5.41. The van der Waals surface area contributed by atoms with Crippen LogP contribution in [0.3, 0.4) is 0 Å². The lowest BCUT2D eigenvalue weighted by Crippen LogP contribution is -2.12. The zero-order valence-electron chi connectivity index (χ0n) is 10.6. The number of hydrogen-bond acceptors (Lipinski definition) is 5. The molecule has 2 rings (SSSR count). The second kappa shape index (κ2) is 5.48. The first kappa shape index (κ1) is 12.3. The molecule has 0 radical (unpaired) electrons. The van der Waals surface area contributed by atoms with Gasteiger partial charge in [-0.15, -0.1) is 5.10 Å². The number of nitrogens with two attached hydrogens (primary N) is 1. The quantitative estimate of drug-likeness (QED) is 0.810. The number of nitrogen functional groups attached to an aromatic ring is 1. The summed E-state index contributed by atoms with van der Waals surface area (Å²) in [5, 5.41) is 11.6. The van der Waals surface area contributed by atoms with Gasteiger partial charge in [-0.2, -0.15) is 0 Å². The molecule has 2 aromatic rings. The van der Waals surface area contributed by atoms with Gasteiger partial charge in [-0.25, -0.2) is 4.68 Å². The summed E-state index contributed by atoms with van der Waals surface area (Å²) in [4.78, 5) is 0. The smallest absolute Gasteiger partial charge is 0.189 e. The molecule has 0 saturated heterocycles. The van der Waals surface area contributed by atoms with Gasteiger partial charge in [0.2, 0.25) is 0 Å². The molecule has 1 aromatic carbocycles. The number of benzene rings is 1. The van der Waals surface area contributed by atoms with Crippen molar-refractivity contribution in [1.82, 2.24) is 20.2 Å². The molecular formula is C12H17N5O. The molecule has 0 unspecified atom stereocenters. The second-order valence-corrected chi connectivity index (χ2v) is 4.53. The molecule has 0 saturated carbocycles. The molecule has 0 fully saturated rings. The monoisotopic (exact) mass is 247 g/mol. The molecular weight excluding hydrogens is 230 g/mol. The fourth-order valence-corrected chi connectivity index (χ4v) is 1.53. The van der Waals surface area contributed by atoms with Crippen LogP contribution in [0.25, 0.3) is 0 Å². The Labute approximate surface area is 106 Å². The Morgan fingerprint density at radius 3 is 2.67 bits per heavy atom. The molecule has 2 N–H and O–H groups in total. The zero-order chi connectivity index (χ0) is 13.0. The largest absolute Gasteiger partial charge is 0.486 e. The third kappa shape index (κ3) is 3.19. The van der Waals surface area contributed by atoms with Gasteiger partial charge >= 0.3 is 0 Å². The molecule has 0 atom stereocenters. The van der Waals surface area contributed by atoms with Gasteiger partial charge in [-0.1, -0.05) is 13.8 Å². The van der Waals surface area contributed by atoms with Gasteiger partial charge in [0.1, 0.15) is 12.4 Å². The standard InChI is InChI=1S/C12H17N5O/c1-9(2)7-17-12(14-15-16-17)8-18-11-5-3-10(13)4-6-11/h3-6,9H,7-8,13H2,1-2H3. The summed E-state index contributed by atoms with van der Waals surface area (Å²) in [6.45, 7) is 5.37. The molecule has 1 aromatic heterocycles. The predicted octanol–water partition coefficient (Wildman–Crippen LogP) is 1.49. The van der Waals surface area contributed by atoms with Crippen LogP contribution in [-0.2, 0) is 13.2 Å². The molecule has 6 nitrogen and oxygen atoms in total. The van der Waals surface area contributed by atoms with Crippen LogP contribution in [0.4, 0.5) is 5.69 Å². The van der Waals surface area contributed by atoms with Crippen molar-refractivity contribution in [2.24, 2.45) is 5.92 Å². The minimum absolute atomic E-state index is 0.351. The molecule has 6 heteroatoms. The van der Waals surface area contributed by atoms with Crippen LogP contribution in [0.15, 0.2) is 24.3 Å². The van der Waals surface area contributed by atoms with Crippen LogP contribution in [0, 0.1) is 5.92 Å². The van der Waals surface area contributed by atoms with E-state index in [-0.39, 0.29) is 0 Å². The fraction of sp³-hybridized carbons (Fsp3) is 0.417. The van der Waals surface area contributed by atoms with Gasteiger partial charge in [0.25, 0.3) is 0 Å². The van der Waals surface area contributed by atoms with E-state index in [0.29, 0.717) is 18.2 Å². The third-order valence-corrected chi connectivity index (χ3v) is 2.39. The van der Waals surface area contributed by atoms with Crippen LogP contribution >= 0.6 is 0 Å². The molecule has 18 heavy (non-hydrogen) atoms. The Morgan fingerprint density at radius 2 is 2.00 bits per heavy atom. The summed E-state index contributed by atoms with van der Waals surface area (Å²) in [7, 11) is 0. The summed E-state index contributed by atoms with van der Waals surface area (Å²) < 4.78 is 7.37. The van der Waals surface area contributed by atoms with Crippen molar-refractivity contribution >= 4 is 5.69 Å². The number of aromatic nitrogens is 4. The summed E-state index contributed by atoms with van der Waals surface area (Å²) in [5.74, 6) is 1.97. The summed E-state index contributed by atoms with van der Waals surface area (Å²) in [6, 6.07) is 7.25. The van der Waals surface area contributed by atoms with E-state index < -0.39 is 0 Å². The molecule has 1 heterocycles. The van der Waals surface area contributed by atoms with E-state index in [9.17, 15) is 0 Å². The van der Waals surface area contributed by atoms with Crippen LogP contribution in [0.1, 0.15) is 19.7 Å². The number of ether oxygens (including phenoxy) is 1. The maximum Gasteiger partial charge on any atom is 0.189 e. The highest BCUT2D eigenvalue weighted by Gasteiger charge is 2.08. The topological polar surface area (TPSA) is 78.8 Å². The van der Waals surface area contributed by atoms with Crippen molar-refractivity contribution in [3.05, 3.63) is 30.1 Å². The van der Waals surface area contributed by atoms with Crippen LogP contribution in [0.5, 0.6) is 5.75 Å². The normalized spacial score (nSPS) is 10.8. The first-order valence-electron chi connectivity index (χ1n) is 5.88. The molecule has 0 bridgehead atoms. The van der Waals surface area contributed by atoms with E-state index in [1.165, 1.54) is 0 Å². The SMILES string of the molecule is CC(C)Cn1nnnc1COc1ccc(N)cc1. The Morgan fingerprint density at radius 1 is 1.28 bits per heavy atom. The highest BCUT2D eigenvalue weighted by Crippen LogP contribution is 2.14. The van der Waals surface area contributed by atoms with E-state index in [1.54, 1.807) is 16.8 Å². The fourth-order valence-electron chi connectivity index (χ4n) is 1.53. The van der Waals surface area contributed by atoms with Crippen molar-refractivity contribution in [3.8, 4) is 5.75 Å². The van der Waals surface area contributed by atoms with Gasteiger partial charge in [-0.05, 0) is 40.6 Å². The van der Waals surface area contributed by atoms with Crippen molar-refractivity contribution in [1.29, 1.82) is 0 Å². The number of anilines is 1. The van der Waals surface area contributed by atoms with E-state index in [0.717, 1.165) is 18.1 Å². The van der Waals surface area contributed by atoms with Crippen molar-refractivity contribution in [2.45, 2.75) is 27.0 Å². The van der Waals surface area contributed by atoms with Crippen molar-refractivity contribution in [2.75, 3.05) is 5.73 Å². The first-order valence-corrected chi connectivity index (χ1v) is 5.88. The van der Waals surface area contributed by atoms with E-state index in [1.807, 2.05) is 12.1 Å². The van der Waals surface area contributed by atoms with E-state index in [2.05, 4.69) is 29.4 Å². The van der Waals surface area contributed by atoms with Gasteiger partial charge < -0.3 is 10.5 Å². The second-order valence-electron chi connectivity index (χ2n) is 4.53. The average molecular weight is 247 g/mol. The Bertz CT molecular complexity index is 491. The molecule has 0 aliphatic heterocycles. The van der Waals surface area contributed by atoms with Crippen LogP contribution in [-0.4, -0.2) is 20.2 Å². The summed E-state index contributed by atoms with van der Waals surface area (Å²) in [6.07, 6.45) is 0. The Kier molecular flexibility index (Phi) is 3.76.